The van der Waals surface area contributed by atoms with Crippen molar-refractivity contribution in [2.45, 2.75) is 38.6 Å². The summed E-state index contributed by atoms with van der Waals surface area (Å²) < 4.78 is 5.04. The molecule has 0 bridgehead atoms. The summed E-state index contributed by atoms with van der Waals surface area (Å²) in [4.78, 5) is 14.5. The van der Waals surface area contributed by atoms with E-state index in [1.807, 2.05) is 26.0 Å². The molecule has 6 heteroatoms. The number of carbonyl (C=O) groups excluding carboxylic acids is 1. The van der Waals surface area contributed by atoms with Gasteiger partial charge in [-0.05, 0) is 63.4 Å². The number of benzene rings is 1. The minimum absolute atomic E-state index is 0.0748. The Labute approximate surface area is 141 Å². The molecule has 3 rings (SSSR count). The molecule has 0 unspecified atom stereocenters. The van der Waals surface area contributed by atoms with E-state index in [2.05, 4.69) is 15.4 Å². The first-order valence-electron chi connectivity index (χ1n) is 8.30. The van der Waals surface area contributed by atoms with Crippen LogP contribution in [0.5, 0.6) is 5.75 Å². The number of aryl methyl sites for hydroxylation is 1. The van der Waals surface area contributed by atoms with Crippen molar-refractivity contribution < 1.29 is 14.4 Å². The number of nitrogens with one attached hydrogen (secondary N) is 1. The highest BCUT2D eigenvalue weighted by Gasteiger charge is 2.27. The van der Waals surface area contributed by atoms with Crippen LogP contribution in [0.1, 0.15) is 36.9 Å². The van der Waals surface area contributed by atoms with Gasteiger partial charge in [-0.2, -0.15) is 0 Å². The van der Waals surface area contributed by atoms with E-state index in [1.54, 1.807) is 18.2 Å². The summed E-state index contributed by atoms with van der Waals surface area (Å²) in [5.74, 6) is 1.09. The normalized spacial score (nSPS) is 17.6. The van der Waals surface area contributed by atoms with E-state index in [4.69, 9.17) is 4.52 Å². The van der Waals surface area contributed by atoms with E-state index < -0.39 is 0 Å². The number of amides is 1. The Balaban J connectivity index is 1.53. The summed E-state index contributed by atoms with van der Waals surface area (Å²) in [6.45, 7) is 5.47. The maximum Gasteiger partial charge on any atom is 0.243 e. The Morgan fingerprint density at radius 1 is 1.33 bits per heavy atom. The summed E-state index contributed by atoms with van der Waals surface area (Å²) in [5, 5.41) is 15.9. The molecule has 2 aromatic rings. The lowest BCUT2D eigenvalue weighted by Crippen LogP contribution is -2.45. The number of aromatic nitrogens is 1. The SMILES string of the molecule is Cc1cc(NC(=O)[C@H](C)N2CCC(c3ccc(O)cc3)CC2)on1. The van der Waals surface area contributed by atoms with Gasteiger partial charge in [0, 0.05) is 6.07 Å². The van der Waals surface area contributed by atoms with Crippen molar-refractivity contribution in [3.05, 3.63) is 41.6 Å². The van der Waals surface area contributed by atoms with Crippen LogP contribution in [0.15, 0.2) is 34.9 Å². The topological polar surface area (TPSA) is 78.6 Å². The molecule has 0 spiro atoms. The number of nitrogens with zero attached hydrogens (tertiary/aromatic N) is 2. The summed E-state index contributed by atoms with van der Waals surface area (Å²) in [7, 11) is 0. The zero-order chi connectivity index (χ0) is 17.1. The second-order valence-corrected chi connectivity index (χ2v) is 6.40. The van der Waals surface area contributed by atoms with Crippen molar-refractivity contribution in [1.29, 1.82) is 0 Å². The highest BCUT2D eigenvalue weighted by molar-refractivity contribution is 5.93. The van der Waals surface area contributed by atoms with Gasteiger partial charge in [0.25, 0.3) is 0 Å². The van der Waals surface area contributed by atoms with E-state index >= 15 is 0 Å². The Morgan fingerprint density at radius 2 is 2.00 bits per heavy atom. The van der Waals surface area contributed by atoms with Crippen molar-refractivity contribution in [3.8, 4) is 5.75 Å². The molecular formula is C18H23N3O3. The minimum Gasteiger partial charge on any atom is -0.508 e. The average molecular weight is 329 g/mol. The van der Waals surface area contributed by atoms with Gasteiger partial charge < -0.3 is 9.63 Å². The van der Waals surface area contributed by atoms with Crippen molar-refractivity contribution in [3.63, 3.8) is 0 Å². The Morgan fingerprint density at radius 3 is 2.58 bits per heavy atom. The highest BCUT2D eigenvalue weighted by atomic mass is 16.5. The third kappa shape index (κ3) is 3.76. The van der Waals surface area contributed by atoms with Crippen LogP contribution in [0.2, 0.25) is 0 Å². The summed E-state index contributed by atoms with van der Waals surface area (Å²) in [6.07, 6.45) is 2.01. The van der Waals surface area contributed by atoms with Crippen LogP contribution in [0.3, 0.4) is 0 Å². The molecule has 2 N–H and O–H groups in total. The van der Waals surface area contributed by atoms with Gasteiger partial charge >= 0.3 is 0 Å². The van der Waals surface area contributed by atoms with Crippen LogP contribution in [-0.2, 0) is 4.79 Å². The second kappa shape index (κ2) is 7.05. The molecule has 1 aromatic heterocycles. The molecule has 1 atom stereocenters. The molecule has 128 valence electrons. The Hall–Kier alpha value is -2.34. The minimum atomic E-state index is -0.212. The van der Waals surface area contributed by atoms with Gasteiger partial charge in [0.2, 0.25) is 11.8 Å². The third-order valence-corrected chi connectivity index (χ3v) is 4.70. The van der Waals surface area contributed by atoms with Gasteiger partial charge in [0.1, 0.15) is 5.75 Å². The number of hydrogen-bond acceptors (Lipinski definition) is 5. The fraction of sp³-hybridized carbons (Fsp3) is 0.444. The van der Waals surface area contributed by atoms with Gasteiger partial charge in [-0.1, -0.05) is 17.3 Å². The number of carbonyl (C=O) groups is 1. The van der Waals surface area contributed by atoms with Gasteiger partial charge in [0.15, 0.2) is 0 Å². The van der Waals surface area contributed by atoms with Crippen LogP contribution < -0.4 is 5.32 Å². The van der Waals surface area contributed by atoms with Crippen LogP contribution in [0.4, 0.5) is 5.88 Å². The molecule has 24 heavy (non-hydrogen) atoms. The number of likely N-dealkylation sites (tertiary alicyclic amines) is 1. The number of hydrogen-bond donors (Lipinski definition) is 2. The number of piperidine rings is 1. The highest BCUT2D eigenvalue weighted by Crippen LogP contribution is 2.29. The van der Waals surface area contributed by atoms with Gasteiger partial charge in [0.05, 0.1) is 11.7 Å². The average Bonchev–Trinajstić information content (AvgIpc) is 3.00. The maximum atomic E-state index is 12.3. The molecule has 1 amide bonds. The third-order valence-electron chi connectivity index (χ3n) is 4.70. The van der Waals surface area contributed by atoms with E-state index in [1.165, 1.54) is 5.56 Å². The molecule has 6 nitrogen and oxygen atoms in total. The molecule has 2 heterocycles. The molecule has 1 aromatic carbocycles. The fourth-order valence-corrected chi connectivity index (χ4v) is 3.18. The van der Waals surface area contributed by atoms with Gasteiger partial charge in [-0.25, -0.2) is 0 Å². The Kier molecular flexibility index (Phi) is 4.85. The molecule has 0 saturated carbocycles. The molecule has 1 fully saturated rings. The van der Waals surface area contributed by atoms with E-state index in [-0.39, 0.29) is 11.9 Å². The number of aromatic hydroxyl groups is 1. The number of rotatable bonds is 4. The standard InChI is InChI=1S/C18H23N3O3/c1-12-11-17(24-20-12)19-18(23)13(2)21-9-7-15(8-10-21)14-3-5-16(22)6-4-14/h3-6,11,13,15,22H,7-10H2,1-2H3,(H,19,23)/t13-/m0/s1. The van der Waals surface area contributed by atoms with Crippen molar-refractivity contribution >= 4 is 11.8 Å². The van der Waals surface area contributed by atoms with Crippen molar-refractivity contribution in [2.24, 2.45) is 0 Å². The first-order chi connectivity index (χ1) is 11.5. The smallest absolute Gasteiger partial charge is 0.243 e. The first-order valence-corrected chi connectivity index (χ1v) is 8.30. The number of phenolic OH excluding ortho intramolecular Hbond substituents is 1. The summed E-state index contributed by atoms with van der Waals surface area (Å²) >= 11 is 0. The number of anilines is 1. The molecule has 1 aliphatic rings. The van der Waals surface area contributed by atoms with Crippen molar-refractivity contribution in [1.82, 2.24) is 10.1 Å². The quantitative estimate of drug-likeness (QED) is 0.902. The van der Waals surface area contributed by atoms with Gasteiger partial charge in [-0.15, -0.1) is 0 Å². The van der Waals surface area contributed by atoms with E-state index in [0.717, 1.165) is 31.6 Å². The van der Waals surface area contributed by atoms with Crippen LogP contribution in [0.25, 0.3) is 0 Å². The van der Waals surface area contributed by atoms with Crippen LogP contribution in [-0.4, -0.2) is 40.2 Å². The first kappa shape index (κ1) is 16.5. The lowest BCUT2D eigenvalue weighted by atomic mass is 9.89. The van der Waals surface area contributed by atoms with Gasteiger partial charge in [-0.3, -0.25) is 15.0 Å². The van der Waals surface area contributed by atoms with Crippen LogP contribution in [0, 0.1) is 6.92 Å². The van der Waals surface area contributed by atoms with E-state index in [0.29, 0.717) is 17.6 Å². The predicted molar refractivity (Wildman–Crippen MR) is 91.0 cm³/mol. The molecule has 1 aliphatic heterocycles. The zero-order valence-electron chi connectivity index (χ0n) is 14.0. The number of phenols is 1. The largest absolute Gasteiger partial charge is 0.508 e. The molecule has 1 saturated heterocycles. The monoisotopic (exact) mass is 329 g/mol. The molecular weight excluding hydrogens is 306 g/mol. The van der Waals surface area contributed by atoms with Crippen molar-refractivity contribution in [2.75, 3.05) is 18.4 Å². The fourth-order valence-electron chi connectivity index (χ4n) is 3.18. The van der Waals surface area contributed by atoms with E-state index in [9.17, 15) is 9.90 Å². The predicted octanol–water partition coefficient (Wildman–Crippen LogP) is 2.90. The zero-order valence-corrected chi connectivity index (χ0v) is 14.0. The maximum absolute atomic E-state index is 12.3. The lowest BCUT2D eigenvalue weighted by molar-refractivity contribution is -0.121. The second-order valence-electron chi connectivity index (χ2n) is 6.40. The summed E-state index contributed by atoms with van der Waals surface area (Å²) in [5.41, 5.74) is 1.99. The lowest BCUT2D eigenvalue weighted by Gasteiger charge is -2.35. The summed E-state index contributed by atoms with van der Waals surface area (Å²) in [6, 6.07) is 8.93. The Bertz CT molecular complexity index is 688. The molecule has 0 radical (unpaired) electrons. The van der Waals surface area contributed by atoms with Crippen LogP contribution >= 0.6 is 0 Å². The molecule has 0 aliphatic carbocycles.